The SMILES string of the molecule is CCCCCSc1nnc2c(n1)O[C@H](c1cc(Br)c(O)c(OC)c1)Nc1ccccc1-2. The van der Waals surface area contributed by atoms with Crippen LogP contribution in [0.5, 0.6) is 17.4 Å². The van der Waals surface area contributed by atoms with E-state index in [0.717, 1.165) is 29.0 Å². The summed E-state index contributed by atoms with van der Waals surface area (Å²) in [5.74, 6) is 1.74. The van der Waals surface area contributed by atoms with Crippen LogP contribution in [-0.4, -0.2) is 33.2 Å². The second kappa shape index (κ2) is 9.74. The zero-order valence-corrected chi connectivity index (χ0v) is 19.7. The van der Waals surface area contributed by atoms with Gasteiger partial charge in [0.25, 0.3) is 0 Å². The van der Waals surface area contributed by atoms with E-state index in [4.69, 9.17) is 9.47 Å². The number of aromatic hydroxyl groups is 1. The maximum absolute atomic E-state index is 10.2. The molecule has 31 heavy (non-hydrogen) atoms. The number of ether oxygens (including phenoxy) is 2. The number of anilines is 1. The van der Waals surface area contributed by atoms with Crippen LogP contribution >= 0.6 is 27.7 Å². The van der Waals surface area contributed by atoms with Gasteiger partial charge in [0.05, 0.1) is 11.6 Å². The zero-order chi connectivity index (χ0) is 21.8. The Morgan fingerprint density at radius 1 is 1.23 bits per heavy atom. The highest BCUT2D eigenvalue weighted by atomic mass is 79.9. The molecule has 0 unspecified atom stereocenters. The summed E-state index contributed by atoms with van der Waals surface area (Å²) in [4.78, 5) is 4.66. The van der Waals surface area contributed by atoms with Gasteiger partial charge in [-0.3, -0.25) is 0 Å². The van der Waals surface area contributed by atoms with Crippen molar-refractivity contribution in [1.82, 2.24) is 15.2 Å². The van der Waals surface area contributed by atoms with E-state index in [1.54, 1.807) is 23.9 Å². The highest BCUT2D eigenvalue weighted by Crippen LogP contribution is 2.42. The molecule has 2 heterocycles. The van der Waals surface area contributed by atoms with Crippen LogP contribution in [0.4, 0.5) is 5.69 Å². The molecule has 0 saturated heterocycles. The topological polar surface area (TPSA) is 89.4 Å². The van der Waals surface area contributed by atoms with Crippen LogP contribution in [-0.2, 0) is 0 Å². The number of phenolic OH excluding ortho intramolecular Hbond substituents is 1. The summed E-state index contributed by atoms with van der Waals surface area (Å²) in [6.07, 6.45) is 2.89. The number of hydrogen-bond acceptors (Lipinski definition) is 8. The average molecular weight is 503 g/mol. The predicted molar refractivity (Wildman–Crippen MR) is 125 cm³/mol. The van der Waals surface area contributed by atoms with Crippen LogP contribution in [0, 0.1) is 0 Å². The summed E-state index contributed by atoms with van der Waals surface area (Å²) in [6.45, 7) is 2.18. The molecule has 0 fully saturated rings. The van der Waals surface area contributed by atoms with Gasteiger partial charge in [-0.1, -0.05) is 49.7 Å². The summed E-state index contributed by atoms with van der Waals surface area (Å²) < 4.78 is 12.1. The molecular formula is C22H23BrN4O3S. The van der Waals surface area contributed by atoms with Gasteiger partial charge >= 0.3 is 0 Å². The normalized spacial score (nSPS) is 14.6. The molecule has 0 spiro atoms. The molecule has 9 heteroatoms. The molecule has 0 bridgehead atoms. The van der Waals surface area contributed by atoms with Crippen molar-refractivity contribution < 1.29 is 14.6 Å². The van der Waals surface area contributed by atoms with Crippen molar-refractivity contribution in [2.24, 2.45) is 0 Å². The van der Waals surface area contributed by atoms with Crippen LogP contribution < -0.4 is 14.8 Å². The molecule has 0 radical (unpaired) electrons. The monoisotopic (exact) mass is 502 g/mol. The fourth-order valence-corrected chi connectivity index (χ4v) is 4.51. The highest BCUT2D eigenvalue weighted by Gasteiger charge is 2.27. The van der Waals surface area contributed by atoms with Gasteiger partial charge in [0.15, 0.2) is 23.4 Å². The number of aromatic nitrogens is 3. The summed E-state index contributed by atoms with van der Waals surface area (Å²) >= 11 is 4.97. The number of phenols is 1. The summed E-state index contributed by atoms with van der Waals surface area (Å²) in [7, 11) is 1.51. The minimum absolute atomic E-state index is 0.0374. The number of fused-ring (bicyclic) bond motifs is 3. The molecule has 0 amide bonds. The first-order chi connectivity index (χ1) is 15.1. The number of para-hydroxylation sites is 1. The van der Waals surface area contributed by atoms with Gasteiger partial charge in [-0.25, -0.2) is 0 Å². The van der Waals surface area contributed by atoms with Gasteiger partial charge in [0, 0.05) is 22.6 Å². The van der Waals surface area contributed by atoms with Gasteiger partial charge in [0.1, 0.15) is 0 Å². The van der Waals surface area contributed by atoms with Gasteiger partial charge in [-0.2, -0.15) is 4.98 Å². The molecule has 2 aromatic carbocycles. The van der Waals surface area contributed by atoms with Crippen LogP contribution in [0.2, 0.25) is 0 Å². The van der Waals surface area contributed by atoms with E-state index in [1.807, 2.05) is 24.3 Å². The van der Waals surface area contributed by atoms with Crippen LogP contribution in [0.3, 0.4) is 0 Å². The van der Waals surface area contributed by atoms with E-state index in [-0.39, 0.29) is 5.75 Å². The summed E-state index contributed by atoms with van der Waals surface area (Å²) in [6, 6.07) is 11.3. The van der Waals surface area contributed by atoms with Gasteiger partial charge < -0.3 is 19.9 Å². The van der Waals surface area contributed by atoms with Crippen molar-refractivity contribution in [3.63, 3.8) is 0 Å². The maximum atomic E-state index is 10.2. The molecule has 1 atom stereocenters. The number of nitrogens with zero attached hydrogens (tertiary/aromatic N) is 3. The van der Waals surface area contributed by atoms with Crippen molar-refractivity contribution in [2.45, 2.75) is 37.6 Å². The Balaban J connectivity index is 1.72. The Kier molecular flexibility index (Phi) is 6.82. The fourth-order valence-electron chi connectivity index (χ4n) is 3.28. The first-order valence-electron chi connectivity index (χ1n) is 10.1. The Labute approximate surface area is 193 Å². The Bertz CT molecular complexity index is 1080. The standard InChI is InChI=1S/C22H23BrN4O3S/c1-3-4-7-10-31-22-25-21-18(26-27-22)14-8-5-6-9-16(14)24-20(30-21)13-11-15(23)19(28)17(12-13)29-2/h5-6,8-9,11-12,20,24,28H,3-4,7,10H2,1-2H3/t20-/m1/s1. The third-order valence-corrected chi connectivity index (χ3v) is 6.41. The van der Waals surface area contributed by atoms with Gasteiger partial charge in [-0.15, -0.1) is 10.2 Å². The van der Waals surface area contributed by atoms with E-state index in [0.29, 0.717) is 27.0 Å². The van der Waals surface area contributed by atoms with Crippen LogP contribution in [0.1, 0.15) is 38.0 Å². The van der Waals surface area contributed by atoms with Gasteiger partial charge in [-0.05, 0) is 40.5 Å². The molecule has 1 aliphatic rings. The lowest BCUT2D eigenvalue weighted by Gasteiger charge is -2.20. The third-order valence-electron chi connectivity index (χ3n) is 4.89. The molecule has 1 aromatic heterocycles. The molecule has 2 N–H and O–H groups in total. The predicted octanol–water partition coefficient (Wildman–Crippen LogP) is 5.80. The van der Waals surface area contributed by atoms with Crippen molar-refractivity contribution in [2.75, 3.05) is 18.2 Å². The molecule has 162 valence electrons. The molecule has 7 nitrogen and oxygen atoms in total. The zero-order valence-electron chi connectivity index (χ0n) is 17.3. The van der Waals surface area contributed by atoms with Crippen molar-refractivity contribution in [3.8, 4) is 28.6 Å². The smallest absolute Gasteiger partial charge is 0.247 e. The molecule has 0 saturated carbocycles. The van der Waals surface area contributed by atoms with Crippen molar-refractivity contribution >= 4 is 33.4 Å². The van der Waals surface area contributed by atoms with Crippen LogP contribution in [0.25, 0.3) is 11.3 Å². The number of hydrogen-bond donors (Lipinski definition) is 2. The lowest BCUT2D eigenvalue weighted by Crippen LogP contribution is -2.17. The lowest BCUT2D eigenvalue weighted by atomic mass is 10.1. The molecule has 3 aromatic rings. The largest absolute Gasteiger partial charge is 0.503 e. The number of halogens is 1. The first kappa shape index (κ1) is 21.7. The highest BCUT2D eigenvalue weighted by molar-refractivity contribution is 9.10. The Hall–Kier alpha value is -2.52. The quantitative estimate of drug-likeness (QED) is 0.309. The Morgan fingerprint density at radius 3 is 2.87 bits per heavy atom. The summed E-state index contributed by atoms with van der Waals surface area (Å²) in [5, 5.41) is 22.9. The number of benzene rings is 2. The number of rotatable bonds is 7. The van der Waals surface area contributed by atoms with E-state index >= 15 is 0 Å². The van der Waals surface area contributed by atoms with Gasteiger partial charge in [0.2, 0.25) is 11.0 Å². The first-order valence-corrected chi connectivity index (χ1v) is 11.8. The molecule has 4 rings (SSSR count). The molecular weight excluding hydrogens is 480 g/mol. The number of methoxy groups -OCH3 is 1. The van der Waals surface area contributed by atoms with E-state index in [2.05, 4.69) is 43.4 Å². The second-order valence-corrected chi connectivity index (χ2v) is 8.96. The Morgan fingerprint density at radius 2 is 2.06 bits per heavy atom. The minimum atomic E-state index is -0.567. The number of thioether (sulfide) groups is 1. The van der Waals surface area contributed by atoms with E-state index < -0.39 is 6.23 Å². The van der Waals surface area contributed by atoms with Crippen molar-refractivity contribution in [3.05, 3.63) is 46.4 Å². The average Bonchev–Trinajstić information content (AvgIpc) is 2.95. The molecule has 0 aliphatic carbocycles. The molecule has 1 aliphatic heterocycles. The van der Waals surface area contributed by atoms with E-state index in [1.165, 1.54) is 20.0 Å². The number of nitrogens with one attached hydrogen (secondary N) is 1. The van der Waals surface area contributed by atoms with E-state index in [9.17, 15) is 5.11 Å². The lowest BCUT2D eigenvalue weighted by molar-refractivity contribution is 0.224. The maximum Gasteiger partial charge on any atom is 0.247 e. The minimum Gasteiger partial charge on any atom is -0.503 e. The summed E-state index contributed by atoms with van der Waals surface area (Å²) in [5.41, 5.74) is 3.08. The second-order valence-electron chi connectivity index (χ2n) is 7.05. The third kappa shape index (κ3) is 4.72. The fraction of sp³-hybridized carbons (Fsp3) is 0.318. The number of unbranched alkanes of at least 4 members (excludes halogenated alkanes) is 2. The van der Waals surface area contributed by atoms with Crippen LogP contribution in [0.15, 0.2) is 46.0 Å². The van der Waals surface area contributed by atoms with Crippen molar-refractivity contribution in [1.29, 1.82) is 0 Å².